The van der Waals surface area contributed by atoms with Gasteiger partial charge in [-0.05, 0) is 44.5 Å². The fourth-order valence-electron chi connectivity index (χ4n) is 2.65. The summed E-state index contributed by atoms with van der Waals surface area (Å²) in [6.45, 7) is 5.69. The molecule has 2 aromatic heterocycles. The molecule has 0 radical (unpaired) electrons. The number of carbonyl (C=O) groups excluding carboxylic acids is 1. The van der Waals surface area contributed by atoms with E-state index >= 15 is 0 Å². The van der Waals surface area contributed by atoms with Crippen molar-refractivity contribution >= 4 is 44.7 Å². The van der Waals surface area contributed by atoms with Gasteiger partial charge >= 0.3 is 0 Å². The number of amides is 1. The number of hydrogen-bond donors (Lipinski definition) is 1. The van der Waals surface area contributed by atoms with Crippen molar-refractivity contribution in [3.05, 3.63) is 45.2 Å². The maximum absolute atomic E-state index is 12.7. The van der Waals surface area contributed by atoms with E-state index in [9.17, 15) is 4.79 Å². The van der Waals surface area contributed by atoms with Crippen LogP contribution in [0, 0.1) is 20.8 Å². The lowest BCUT2D eigenvalue weighted by Gasteiger charge is -2.10. The monoisotopic (exact) mass is 361 g/mol. The Kier molecular flexibility index (Phi) is 4.43. The number of rotatable bonds is 3. The summed E-state index contributed by atoms with van der Waals surface area (Å²) in [6, 6.07) is 5.09. The molecule has 0 unspecified atom stereocenters. The quantitative estimate of drug-likeness (QED) is 0.744. The molecule has 0 aliphatic rings. The lowest BCUT2D eigenvalue weighted by Crippen LogP contribution is -2.12. The van der Waals surface area contributed by atoms with Gasteiger partial charge in [0.15, 0.2) is 0 Å². The Labute approximate surface area is 148 Å². The van der Waals surface area contributed by atoms with Crippen molar-refractivity contribution in [3.63, 3.8) is 0 Å². The smallest absolute Gasteiger partial charge is 0.266 e. The van der Waals surface area contributed by atoms with Gasteiger partial charge in [-0.2, -0.15) is 0 Å². The van der Waals surface area contributed by atoms with Gasteiger partial charge in [0.1, 0.15) is 16.4 Å². The fourth-order valence-corrected chi connectivity index (χ4v) is 3.99. The molecule has 0 spiro atoms. The van der Waals surface area contributed by atoms with E-state index in [-0.39, 0.29) is 5.91 Å². The molecule has 124 valence electrons. The van der Waals surface area contributed by atoms with Gasteiger partial charge in [-0.1, -0.05) is 11.6 Å². The van der Waals surface area contributed by atoms with Gasteiger partial charge in [0.05, 0.1) is 17.7 Å². The number of hydrogen-bond acceptors (Lipinski definition) is 5. The van der Waals surface area contributed by atoms with Crippen LogP contribution in [0.1, 0.15) is 26.8 Å². The van der Waals surface area contributed by atoms with Crippen molar-refractivity contribution in [3.8, 4) is 5.75 Å². The summed E-state index contributed by atoms with van der Waals surface area (Å²) < 4.78 is 5.27. The second-order valence-electron chi connectivity index (χ2n) is 5.39. The van der Waals surface area contributed by atoms with Crippen molar-refractivity contribution in [2.75, 3.05) is 12.4 Å². The van der Waals surface area contributed by atoms with E-state index in [1.54, 1.807) is 25.3 Å². The minimum absolute atomic E-state index is 0.215. The average molecular weight is 362 g/mol. The molecule has 1 amide bonds. The summed E-state index contributed by atoms with van der Waals surface area (Å²) in [5, 5.41) is 4.33. The molecule has 0 saturated carbocycles. The van der Waals surface area contributed by atoms with Gasteiger partial charge in [-0.15, -0.1) is 11.3 Å². The molecule has 0 aliphatic heterocycles. The van der Waals surface area contributed by atoms with Gasteiger partial charge in [0.25, 0.3) is 5.91 Å². The van der Waals surface area contributed by atoms with E-state index in [0.29, 0.717) is 27.2 Å². The zero-order valence-corrected chi connectivity index (χ0v) is 15.3. The summed E-state index contributed by atoms with van der Waals surface area (Å²) in [7, 11) is 1.55. The molecule has 1 aromatic carbocycles. The molecule has 0 atom stereocenters. The highest BCUT2D eigenvalue weighted by atomic mass is 35.5. The van der Waals surface area contributed by atoms with Gasteiger partial charge in [-0.25, -0.2) is 9.97 Å². The number of methoxy groups -OCH3 is 1. The van der Waals surface area contributed by atoms with Crippen molar-refractivity contribution in [1.29, 1.82) is 0 Å². The van der Waals surface area contributed by atoms with E-state index < -0.39 is 0 Å². The van der Waals surface area contributed by atoms with E-state index in [0.717, 1.165) is 21.5 Å². The first-order valence-electron chi connectivity index (χ1n) is 7.30. The zero-order chi connectivity index (χ0) is 17.4. The lowest BCUT2D eigenvalue weighted by atomic mass is 10.1. The largest absolute Gasteiger partial charge is 0.495 e. The number of benzene rings is 1. The van der Waals surface area contributed by atoms with Crippen LogP contribution in [-0.4, -0.2) is 23.0 Å². The normalized spacial score (nSPS) is 10.9. The first-order valence-corrected chi connectivity index (χ1v) is 8.49. The summed E-state index contributed by atoms with van der Waals surface area (Å²) in [5.41, 5.74) is 2.29. The molecule has 0 fully saturated rings. The third kappa shape index (κ3) is 2.95. The number of fused-ring (bicyclic) bond motifs is 1. The van der Waals surface area contributed by atoms with Crippen molar-refractivity contribution in [1.82, 2.24) is 9.97 Å². The molecular formula is C17H16ClN3O2S. The van der Waals surface area contributed by atoms with Crippen LogP contribution in [0.25, 0.3) is 10.2 Å². The number of aromatic nitrogens is 2. The first kappa shape index (κ1) is 16.7. The third-order valence-electron chi connectivity index (χ3n) is 3.70. The highest BCUT2D eigenvalue weighted by Crippen LogP contribution is 2.33. The Hall–Kier alpha value is -2.18. The first-order chi connectivity index (χ1) is 11.4. The van der Waals surface area contributed by atoms with Crippen molar-refractivity contribution < 1.29 is 9.53 Å². The number of ether oxygens (including phenoxy) is 1. The number of thiophene rings is 1. The predicted octanol–water partition coefficient (Wildman–Crippen LogP) is 4.53. The Morgan fingerprint density at radius 3 is 2.71 bits per heavy atom. The van der Waals surface area contributed by atoms with Gasteiger partial charge in [-0.3, -0.25) is 4.79 Å². The number of halogens is 1. The zero-order valence-electron chi connectivity index (χ0n) is 13.7. The van der Waals surface area contributed by atoms with E-state index in [2.05, 4.69) is 15.3 Å². The second kappa shape index (κ2) is 6.37. The number of aryl methyl sites for hydroxylation is 3. The standard InChI is InChI=1S/C17H16ClN3O2S/c1-8-14-9(2)19-10(3)20-17(14)24-15(8)16(22)21-12-7-11(18)5-6-13(12)23-4/h5-7H,1-4H3,(H,21,22). The number of anilines is 1. The third-order valence-corrected chi connectivity index (χ3v) is 5.12. The van der Waals surface area contributed by atoms with Crippen LogP contribution < -0.4 is 10.1 Å². The molecule has 1 N–H and O–H groups in total. The molecule has 0 bridgehead atoms. The summed E-state index contributed by atoms with van der Waals surface area (Å²) in [4.78, 5) is 23.0. The van der Waals surface area contributed by atoms with Crippen LogP contribution in [0.3, 0.4) is 0 Å². The molecule has 0 aliphatic carbocycles. The summed E-state index contributed by atoms with van der Waals surface area (Å²) in [6.07, 6.45) is 0. The molecule has 24 heavy (non-hydrogen) atoms. The van der Waals surface area contributed by atoms with Gasteiger partial charge in [0.2, 0.25) is 0 Å². The topological polar surface area (TPSA) is 64.1 Å². The Morgan fingerprint density at radius 1 is 1.25 bits per heavy atom. The Bertz CT molecular complexity index is 953. The predicted molar refractivity (Wildman–Crippen MR) is 97.6 cm³/mol. The molecule has 0 saturated heterocycles. The maximum atomic E-state index is 12.7. The fraction of sp³-hybridized carbons (Fsp3) is 0.235. The molecule has 5 nitrogen and oxygen atoms in total. The molecular weight excluding hydrogens is 346 g/mol. The number of nitrogens with zero attached hydrogens (tertiary/aromatic N) is 2. The van der Waals surface area contributed by atoms with Crippen LogP contribution in [0.5, 0.6) is 5.75 Å². The van der Waals surface area contributed by atoms with E-state index in [4.69, 9.17) is 16.3 Å². The molecule has 2 heterocycles. The van der Waals surface area contributed by atoms with Gasteiger partial charge < -0.3 is 10.1 Å². The van der Waals surface area contributed by atoms with Crippen LogP contribution in [-0.2, 0) is 0 Å². The van der Waals surface area contributed by atoms with E-state index in [1.165, 1.54) is 11.3 Å². The SMILES string of the molecule is COc1ccc(Cl)cc1NC(=O)c1sc2nc(C)nc(C)c2c1C. The second-order valence-corrected chi connectivity index (χ2v) is 6.83. The Balaban J connectivity index is 2.02. The highest BCUT2D eigenvalue weighted by Gasteiger charge is 2.19. The summed E-state index contributed by atoms with van der Waals surface area (Å²) >= 11 is 7.37. The minimum Gasteiger partial charge on any atom is -0.495 e. The number of carbonyl (C=O) groups is 1. The minimum atomic E-state index is -0.215. The van der Waals surface area contributed by atoms with Crippen LogP contribution >= 0.6 is 22.9 Å². The van der Waals surface area contributed by atoms with Crippen LogP contribution in [0.2, 0.25) is 5.02 Å². The lowest BCUT2D eigenvalue weighted by molar-refractivity contribution is 0.102. The van der Waals surface area contributed by atoms with Crippen LogP contribution in [0.4, 0.5) is 5.69 Å². The number of nitrogens with one attached hydrogen (secondary N) is 1. The van der Waals surface area contributed by atoms with E-state index in [1.807, 2.05) is 20.8 Å². The molecule has 3 aromatic rings. The average Bonchev–Trinajstić information content (AvgIpc) is 2.84. The maximum Gasteiger partial charge on any atom is 0.266 e. The van der Waals surface area contributed by atoms with Gasteiger partial charge in [0, 0.05) is 16.1 Å². The van der Waals surface area contributed by atoms with Crippen molar-refractivity contribution in [2.45, 2.75) is 20.8 Å². The summed E-state index contributed by atoms with van der Waals surface area (Å²) in [5.74, 6) is 1.04. The Morgan fingerprint density at radius 2 is 2.00 bits per heavy atom. The molecule has 7 heteroatoms. The highest BCUT2D eigenvalue weighted by molar-refractivity contribution is 7.20. The molecule has 3 rings (SSSR count). The van der Waals surface area contributed by atoms with Crippen molar-refractivity contribution in [2.24, 2.45) is 0 Å². The van der Waals surface area contributed by atoms with Crippen LogP contribution in [0.15, 0.2) is 18.2 Å².